The van der Waals surface area contributed by atoms with Gasteiger partial charge in [0.25, 0.3) is 0 Å². The van der Waals surface area contributed by atoms with Crippen molar-refractivity contribution in [2.75, 3.05) is 0 Å². The second-order valence-electron chi connectivity index (χ2n) is 2.01. The molecule has 0 aliphatic heterocycles. The number of halogens is 1. The molecule has 0 aromatic heterocycles. The van der Waals surface area contributed by atoms with E-state index < -0.39 is 0 Å². The van der Waals surface area contributed by atoms with Crippen LogP contribution in [0.4, 0.5) is 0 Å². The Balaban J connectivity index is 0. The van der Waals surface area contributed by atoms with Crippen molar-refractivity contribution in [1.82, 2.24) is 0 Å². The summed E-state index contributed by atoms with van der Waals surface area (Å²) in [4.78, 5) is 0. The van der Waals surface area contributed by atoms with Crippen molar-refractivity contribution in [3.05, 3.63) is 48.6 Å². The van der Waals surface area contributed by atoms with Crippen molar-refractivity contribution in [1.29, 1.82) is 0 Å². The van der Waals surface area contributed by atoms with Crippen LogP contribution in [-0.4, -0.2) is 0 Å². The Hall–Kier alpha value is 0.120. The molecule has 12 heavy (non-hydrogen) atoms. The van der Waals surface area contributed by atoms with E-state index in [-0.39, 0.29) is 38.3 Å². The average molecular weight is 345 g/mol. The normalized spacial score (nSPS) is 14.7. The van der Waals surface area contributed by atoms with Crippen molar-refractivity contribution < 1.29 is 25.8 Å². The maximum absolute atomic E-state index is 2.99. The first-order valence-corrected chi connectivity index (χ1v) is 3.43. The van der Waals surface area contributed by atoms with Gasteiger partial charge in [0, 0.05) is 25.8 Å². The quantitative estimate of drug-likeness (QED) is 0.468. The van der Waals surface area contributed by atoms with Gasteiger partial charge in [-0.15, -0.1) is 25.2 Å². The molecule has 0 spiro atoms. The Kier molecular flexibility index (Phi) is 13.6. The molecule has 0 bridgehead atoms. The molecule has 0 radical (unpaired) electrons. The molecule has 0 amide bonds. The number of hydrogen-bond donors (Lipinski definition) is 0. The summed E-state index contributed by atoms with van der Waals surface area (Å²) in [5.41, 5.74) is 0. The van der Waals surface area contributed by atoms with E-state index in [1.54, 1.807) is 0 Å². The fraction of sp³-hybridized carbons (Fsp3) is 0.200. The summed E-state index contributed by atoms with van der Waals surface area (Å²) in [7, 11) is 0. The molecule has 2 aliphatic carbocycles. The largest absolute Gasteiger partial charge is 0.273 e. The first-order chi connectivity index (χ1) is 5.00. The maximum atomic E-state index is 2.99. The summed E-state index contributed by atoms with van der Waals surface area (Å²) in [6, 6.07) is 0. The SMILES string of the molecule is Cl.[C-]1=CC=CC1.[C-]1=CC=CC1.[Hf]. The van der Waals surface area contributed by atoms with E-state index in [2.05, 4.69) is 24.3 Å². The average Bonchev–Trinajstić information content (AvgIpc) is 2.67. The molecular weight excluding hydrogens is 334 g/mol. The van der Waals surface area contributed by atoms with Crippen molar-refractivity contribution in [3.8, 4) is 0 Å². The second kappa shape index (κ2) is 11.1. The molecule has 0 aromatic rings. The second-order valence-corrected chi connectivity index (χ2v) is 2.01. The Morgan fingerprint density at radius 1 is 0.833 bits per heavy atom. The molecule has 2 rings (SSSR count). The summed E-state index contributed by atoms with van der Waals surface area (Å²) in [6.45, 7) is 0. The minimum Gasteiger partial charge on any atom is -0.273 e. The van der Waals surface area contributed by atoms with E-state index in [1.807, 2.05) is 24.3 Å². The van der Waals surface area contributed by atoms with E-state index in [4.69, 9.17) is 0 Å². The predicted octanol–water partition coefficient (Wildman–Crippen LogP) is 3.03. The van der Waals surface area contributed by atoms with Crippen LogP contribution in [0.15, 0.2) is 36.5 Å². The van der Waals surface area contributed by atoms with E-state index >= 15 is 0 Å². The summed E-state index contributed by atoms with van der Waals surface area (Å²) < 4.78 is 0. The van der Waals surface area contributed by atoms with Gasteiger partial charge in [-0.3, -0.25) is 12.2 Å². The van der Waals surface area contributed by atoms with Crippen LogP contribution in [0.1, 0.15) is 12.8 Å². The summed E-state index contributed by atoms with van der Waals surface area (Å²) >= 11 is 0. The molecule has 0 nitrogen and oxygen atoms in total. The summed E-state index contributed by atoms with van der Waals surface area (Å²) in [6.07, 6.45) is 20.0. The molecule has 0 saturated carbocycles. The van der Waals surface area contributed by atoms with Crippen LogP contribution in [0.25, 0.3) is 0 Å². The van der Waals surface area contributed by atoms with Gasteiger partial charge in [0.1, 0.15) is 0 Å². The van der Waals surface area contributed by atoms with Gasteiger partial charge in [-0.1, -0.05) is 0 Å². The standard InChI is InChI=1S/2C5H5.ClH.Hf/c2*1-2-4-5-3-1;;/h2*1-3H,4H2;1H;/q2*-1;;. The van der Waals surface area contributed by atoms with Gasteiger partial charge in [-0.25, -0.2) is 24.3 Å². The fourth-order valence-corrected chi connectivity index (χ4v) is 0.680. The van der Waals surface area contributed by atoms with E-state index in [0.717, 1.165) is 12.8 Å². The van der Waals surface area contributed by atoms with E-state index in [9.17, 15) is 0 Å². The minimum atomic E-state index is 0. The fourth-order valence-electron chi connectivity index (χ4n) is 0.680. The van der Waals surface area contributed by atoms with Crippen molar-refractivity contribution >= 4 is 12.4 Å². The van der Waals surface area contributed by atoms with Crippen LogP contribution in [-0.2, 0) is 25.8 Å². The van der Waals surface area contributed by atoms with Gasteiger partial charge in [0.05, 0.1) is 0 Å². The van der Waals surface area contributed by atoms with Gasteiger partial charge in [-0.2, -0.15) is 12.2 Å². The van der Waals surface area contributed by atoms with Crippen LogP contribution in [0.3, 0.4) is 0 Å². The molecule has 0 heterocycles. The number of hydrogen-bond acceptors (Lipinski definition) is 0. The van der Waals surface area contributed by atoms with Gasteiger partial charge in [0.2, 0.25) is 0 Å². The Morgan fingerprint density at radius 3 is 1.33 bits per heavy atom. The molecular formula is C10H11ClHf-2. The van der Waals surface area contributed by atoms with Crippen LogP contribution in [0.2, 0.25) is 0 Å². The van der Waals surface area contributed by atoms with E-state index in [1.165, 1.54) is 0 Å². The molecule has 2 aliphatic rings. The molecule has 0 fully saturated rings. The van der Waals surface area contributed by atoms with Crippen LogP contribution >= 0.6 is 12.4 Å². The molecule has 0 aromatic carbocycles. The zero-order chi connectivity index (χ0) is 7.07. The van der Waals surface area contributed by atoms with Crippen LogP contribution in [0.5, 0.6) is 0 Å². The number of allylic oxidation sites excluding steroid dienone is 8. The van der Waals surface area contributed by atoms with Crippen molar-refractivity contribution in [2.24, 2.45) is 0 Å². The summed E-state index contributed by atoms with van der Waals surface area (Å²) in [5, 5.41) is 0. The van der Waals surface area contributed by atoms with Crippen molar-refractivity contribution in [3.63, 3.8) is 0 Å². The first-order valence-electron chi connectivity index (χ1n) is 3.43. The minimum absolute atomic E-state index is 0. The van der Waals surface area contributed by atoms with Gasteiger partial charge in [-0.05, 0) is 0 Å². The third-order valence-electron chi connectivity index (χ3n) is 1.17. The molecule has 0 saturated heterocycles. The van der Waals surface area contributed by atoms with Gasteiger partial charge in [0.15, 0.2) is 0 Å². The topological polar surface area (TPSA) is 0 Å². The molecule has 2 heteroatoms. The maximum Gasteiger partial charge on any atom is 0 e. The van der Waals surface area contributed by atoms with Crippen LogP contribution in [0, 0.1) is 12.2 Å². The zero-order valence-electron chi connectivity index (χ0n) is 6.79. The number of rotatable bonds is 0. The van der Waals surface area contributed by atoms with E-state index in [0.29, 0.717) is 0 Å². The molecule has 0 atom stereocenters. The Morgan fingerprint density at radius 2 is 1.25 bits per heavy atom. The predicted molar refractivity (Wildman–Crippen MR) is 50.4 cm³/mol. The summed E-state index contributed by atoms with van der Waals surface area (Å²) in [5.74, 6) is 0. The van der Waals surface area contributed by atoms with Gasteiger partial charge >= 0.3 is 0 Å². The van der Waals surface area contributed by atoms with Gasteiger partial charge < -0.3 is 0 Å². The molecule has 0 unspecified atom stereocenters. The third-order valence-corrected chi connectivity index (χ3v) is 1.17. The van der Waals surface area contributed by atoms with Crippen molar-refractivity contribution in [2.45, 2.75) is 12.8 Å². The Bertz CT molecular complexity index is 148. The molecule has 0 N–H and O–H groups in total. The Labute approximate surface area is 99.3 Å². The zero-order valence-corrected chi connectivity index (χ0v) is 11.2. The first kappa shape index (κ1) is 14.6. The van der Waals surface area contributed by atoms with Crippen LogP contribution < -0.4 is 0 Å². The molecule has 64 valence electrons. The third kappa shape index (κ3) is 8.22. The smallest absolute Gasteiger partial charge is 0 e. The monoisotopic (exact) mass is 346 g/mol.